The fourth-order valence-electron chi connectivity index (χ4n) is 3.71. The molecule has 0 radical (unpaired) electrons. The Kier molecular flexibility index (Phi) is 7.21. The summed E-state index contributed by atoms with van der Waals surface area (Å²) in [5.41, 5.74) is 4.11. The van der Waals surface area contributed by atoms with Gasteiger partial charge in [0.05, 0.1) is 12.3 Å². The first-order valence-electron chi connectivity index (χ1n) is 10.6. The molecule has 0 unspecified atom stereocenters. The quantitative estimate of drug-likeness (QED) is 0.416. The first-order valence-corrected chi connectivity index (χ1v) is 11.6. The predicted molar refractivity (Wildman–Crippen MR) is 125 cm³/mol. The number of aromatic nitrogens is 2. The molecule has 0 aliphatic heterocycles. The molecule has 0 saturated heterocycles. The third-order valence-electron chi connectivity index (χ3n) is 5.17. The number of anilines is 2. The van der Waals surface area contributed by atoms with Crippen LogP contribution in [0.15, 0.2) is 60.9 Å². The van der Waals surface area contributed by atoms with Crippen LogP contribution >= 0.6 is 11.9 Å². The van der Waals surface area contributed by atoms with Gasteiger partial charge in [0, 0.05) is 29.1 Å². The molecule has 1 aromatic heterocycles. The Morgan fingerprint density at radius 3 is 2.77 bits per heavy atom. The Labute approximate surface area is 182 Å². The zero-order valence-corrected chi connectivity index (χ0v) is 18.1. The molecule has 30 heavy (non-hydrogen) atoms. The minimum Gasteiger partial charge on any atom is -0.493 e. The normalized spacial score (nSPS) is 14.0. The lowest BCUT2D eigenvalue weighted by atomic mass is 10.1. The van der Waals surface area contributed by atoms with Crippen LogP contribution in [0.25, 0.3) is 11.3 Å². The summed E-state index contributed by atoms with van der Waals surface area (Å²) < 4.78 is 9.35. The first kappa shape index (κ1) is 20.7. The van der Waals surface area contributed by atoms with Gasteiger partial charge in [-0.1, -0.05) is 49.1 Å². The van der Waals surface area contributed by atoms with E-state index in [9.17, 15) is 0 Å². The highest BCUT2D eigenvalue weighted by molar-refractivity contribution is 7.96. The van der Waals surface area contributed by atoms with Gasteiger partial charge in [-0.05, 0) is 49.6 Å². The van der Waals surface area contributed by atoms with Crippen molar-refractivity contribution >= 4 is 23.5 Å². The van der Waals surface area contributed by atoms with Crippen molar-refractivity contribution in [2.24, 2.45) is 0 Å². The number of benzene rings is 2. The molecule has 4 rings (SSSR count). The molecule has 1 aliphatic rings. The van der Waals surface area contributed by atoms with E-state index < -0.39 is 0 Å². The molecule has 0 amide bonds. The average Bonchev–Trinajstić information content (AvgIpc) is 3.29. The van der Waals surface area contributed by atoms with Crippen molar-refractivity contribution in [1.29, 1.82) is 0 Å². The summed E-state index contributed by atoms with van der Waals surface area (Å²) in [7, 11) is 0. The van der Waals surface area contributed by atoms with Gasteiger partial charge in [-0.3, -0.25) is 4.72 Å². The molecule has 3 aromatic rings. The van der Waals surface area contributed by atoms with Gasteiger partial charge in [0.15, 0.2) is 0 Å². The van der Waals surface area contributed by atoms with Crippen molar-refractivity contribution in [3.8, 4) is 17.0 Å². The SMILES string of the molecule is CCOc1ccccc1-c1cc(Nc2cccc(CSNC3CCCC3)c2)ncn1. The summed E-state index contributed by atoms with van der Waals surface area (Å²) in [5, 5.41) is 3.42. The fourth-order valence-corrected chi connectivity index (χ4v) is 4.61. The summed E-state index contributed by atoms with van der Waals surface area (Å²) in [6.45, 7) is 2.60. The van der Waals surface area contributed by atoms with Gasteiger partial charge >= 0.3 is 0 Å². The van der Waals surface area contributed by atoms with E-state index in [0.717, 1.165) is 34.3 Å². The highest BCUT2D eigenvalue weighted by atomic mass is 32.2. The number of rotatable bonds is 9. The van der Waals surface area contributed by atoms with Gasteiger partial charge in [0.2, 0.25) is 0 Å². The number of nitrogens with zero attached hydrogens (tertiary/aromatic N) is 2. The standard InChI is InChI=1S/C24H28N4OS/c1-2-29-23-13-6-5-12-21(23)22-15-24(26-17-25-22)27-20-11-7-8-18(14-20)16-30-28-19-9-3-4-10-19/h5-8,11-15,17,19,28H,2-4,9-10,16H2,1H3,(H,25,26,27). The third kappa shape index (κ3) is 5.52. The van der Waals surface area contributed by atoms with Crippen LogP contribution in [0.1, 0.15) is 38.2 Å². The maximum absolute atomic E-state index is 5.75. The van der Waals surface area contributed by atoms with Gasteiger partial charge in [0.25, 0.3) is 0 Å². The van der Waals surface area contributed by atoms with E-state index >= 15 is 0 Å². The van der Waals surface area contributed by atoms with Gasteiger partial charge < -0.3 is 10.1 Å². The molecule has 0 bridgehead atoms. The average molecular weight is 421 g/mol. The lowest BCUT2D eigenvalue weighted by Gasteiger charge is -2.12. The molecule has 1 heterocycles. The van der Waals surface area contributed by atoms with Crippen molar-refractivity contribution in [3.63, 3.8) is 0 Å². The van der Waals surface area contributed by atoms with Crippen LogP contribution in [0.4, 0.5) is 11.5 Å². The second-order valence-corrected chi connectivity index (χ2v) is 8.24. The van der Waals surface area contributed by atoms with E-state index in [-0.39, 0.29) is 0 Å². The van der Waals surface area contributed by atoms with Crippen LogP contribution in [0, 0.1) is 0 Å². The van der Waals surface area contributed by atoms with Gasteiger partial charge in [-0.25, -0.2) is 9.97 Å². The molecule has 0 atom stereocenters. The summed E-state index contributed by atoms with van der Waals surface area (Å²) in [5.74, 6) is 2.54. The largest absolute Gasteiger partial charge is 0.493 e. The minimum atomic E-state index is 0.619. The molecule has 0 spiro atoms. The van der Waals surface area contributed by atoms with E-state index in [4.69, 9.17) is 4.74 Å². The van der Waals surface area contributed by atoms with Crippen LogP contribution in [0.3, 0.4) is 0 Å². The first-order chi connectivity index (χ1) is 14.8. The Hall–Kier alpha value is -2.57. The van der Waals surface area contributed by atoms with E-state index in [1.807, 2.05) is 49.2 Å². The molecule has 1 saturated carbocycles. The van der Waals surface area contributed by atoms with Crippen LogP contribution in [-0.2, 0) is 5.75 Å². The van der Waals surface area contributed by atoms with Crippen molar-refractivity contribution < 1.29 is 4.74 Å². The van der Waals surface area contributed by atoms with E-state index in [1.165, 1.54) is 31.2 Å². The Morgan fingerprint density at radius 1 is 1.03 bits per heavy atom. The molecule has 1 fully saturated rings. The van der Waals surface area contributed by atoms with Crippen molar-refractivity contribution in [2.75, 3.05) is 11.9 Å². The fraction of sp³-hybridized carbons (Fsp3) is 0.333. The highest BCUT2D eigenvalue weighted by Crippen LogP contribution is 2.30. The predicted octanol–water partition coefficient (Wildman–Crippen LogP) is 5.97. The Bertz CT molecular complexity index is 959. The Balaban J connectivity index is 1.43. The molecule has 2 aromatic carbocycles. The van der Waals surface area contributed by atoms with E-state index in [2.05, 4.69) is 44.3 Å². The number of nitrogens with one attached hydrogen (secondary N) is 2. The van der Waals surface area contributed by atoms with Gasteiger partial charge in [-0.2, -0.15) is 0 Å². The molecule has 2 N–H and O–H groups in total. The van der Waals surface area contributed by atoms with Gasteiger partial charge in [0.1, 0.15) is 17.9 Å². The van der Waals surface area contributed by atoms with E-state index in [1.54, 1.807) is 6.33 Å². The monoisotopic (exact) mass is 420 g/mol. The van der Waals surface area contributed by atoms with E-state index in [0.29, 0.717) is 12.6 Å². The lowest BCUT2D eigenvalue weighted by molar-refractivity contribution is 0.341. The Morgan fingerprint density at radius 2 is 1.90 bits per heavy atom. The number of hydrogen-bond acceptors (Lipinski definition) is 6. The van der Waals surface area contributed by atoms with Crippen LogP contribution in [0.5, 0.6) is 5.75 Å². The molecule has 156 valence electrons. The van der Waals surface area contributed by atoms with Gasteiger partial charge in [-0.15, -0.1) is 0 Å². The number of para-hydroxylation sites is 1. The number of hydrogen-bond donors (Lipinski definition) is 2. The van der Waals surface area contributed by atoms with Crippen LogP contribution in [-0.4, -0.2) is 22.6 Å². The van der Waals surface area contributed by atoms with Crippen molar-refractivity contribution in [1.82, 2.24) is 14.7 Å². The van der Waals surface area contributed by atoms with Crippen LogP contribution in [0.2, 0.25) is 0 Å². The summed E-state index contributed by atoms with van der Waals surface area (Å²) in [6, 6.07) is 19.1. The molecular weight excluding hydrogens is 392 g/mol. The molecule has 6 heteroatoms. The summed E-state index contributed by atoms with van der Waals surface area (Å²) in [6.07, 6.45) is 6.90. The maximum Gasteiger partial charge on any atom is 0.134 e. The summed E-state index contributed by atoms with van der Waals surface area (Å²) >= 11 is 1.81. The third-order valence-corrected chi connectivity index (χ3v) is 6.15. The number of ether oxygens (including phenoxy) is 1. The second kappa shape index (κ2) is 10.5. The summed E-state index contributed by atoms with van der Waals surface area (Å²) in [4.78, 5) is 8.85. The molecule has 5 nitrogen and oxygen atoms in total. The zero-order valence-electron chi connectivity index (χ0n) is 17.3. The van der Waals surface area contributed by atoms with Crippen molar-refractivity contribution in [2.45, 2.75) is 44.4 Å². The second-order valence-electron chi connectivity index (χ2n) is 7.43. The molecule has 1 aliphatic carbocycles. The highest BCUT2D eigenvalue weighted by Gasteiger charge is 2.14. The minimum absolute atomic E-state index is 0.619. The van der Waals surface area contributed by atoms with Crippen LogP contribution < -0.4 is 14.8 Å². The smallest absolute Gasteiger partial charge is 0.134 e. The van der Waals surface area contributed by atoms with Crippen molar-refractivity contribution in [3.05, 3.63) is 66.5 Å². The topological polar surface area (TPSA) is 59.1 Å². The maximum atomic E-state index is 5.75. The lowest BCUT2D eigenvalue weighted by Crippen LogP contribution is -2.18. The molecular formula is C24H28N4OS. The zero-order chi connectivity index (χ0) is 20.6.